The van der Waals surface area contributed by atoms with Gasteiger partial charge in [0, 0.05) is 35.6 Å². The van der Waals surface area contributed by atoms with Gasteiger partial charge in [0.2, 0.25) is 5.91 Å². The molecule has 2 saturated heterocycles. The largest absolute Gasteiger partial charge is 0.355 e. The number of amides is 1. The van der Waals surface area contributed by atoms with E-state index in [9.17, 15) is 4.79 Å². The van der Waals surface area contributed by atoms with E-state index in [0.29, 0.717) is 5.25 Å². The standard InChI is InChI=1S/C10H18N2OS2/c13-10(8-1-2-11-5-8)12-6-9-7-14-3-4-15-9/h8-9,11H,1-7H2,(H,12,13)/t8-,9?/m0/s1. The van der Waals surface area contributed by atoms with Gasteiger partial charge in [0.25, 0.3) is 0 Å². The highest BCUT2D eigenvalue weighted by Crippen LogP contribution is 2.23. The molecule has 2 N–H and O–H groups in total. The molecule has 0 saturated carbocycles. The number of hydrogen-bond acceptors (Lipinski definition) is 4. The minimum Gasteiger partial charge on any atom is -0.355 e. The molecular formula is C10H18N2OS2. The molecular weight excluding hydrogens is 228 g/mol. The molecule has 2 aliphatic heterocycles. The maximum atomic E-state index is 11.7. The molecule has 0 aromatic heterocycles. The maximum absolute atomic E-state index is 11.7. The van der Waals surface area contributed by atoms with Crippen LogP contribution in [0.1, 0.15) is 6.42 Å². The molecule has 0 aromatic carbocycles. The lowest BCUT2D eigenvalue weighted by molar-refractivity contribution is -0.124. The molecule has 15 heavy (non-hydrogen) atoms. The van der Waals surface area contributed by atoms with Crippen molar-refractivity contribution in [1.82, 2.24) is 10.6 Å². The Kier molecular flexibility index (Phi) is 4.65. The van der Waals surface area contributed by atoms with Crippen LogP contribution >= 0.6 is 23.5 Å². The average Bonchev–Trinajstić information content (AvgIpc) is 2.81. The van der Waals surface area contributed by atoms with E-state index in [4.69, 9.17) is 0 Å². The molecule has 2 rings (SSSR count). The van der Waals surface area contributed by atoms with Crippen molar-refractivity contribution in [1.29, 1.82) is 0 Å². The first kappa shape index (κ1) is 11.6. The summed E-state index contributed by atoms with van der Waals surface area (Å²) in [4.78, 5) is 11.7. The minimum absolute atomic E-state index is 0.214. The molecule has 0 aromatic rings. The van der Waals surface area contributed by atoms with Crippen LogP contribution in [0.25, 0.3) is 0 Å². The third-order valence-electron chi connectivity index (χ3n) is 2.82. The summed E-state index contributed by atoms with van der Waals surface area (Å²) in [6, 6.07) is 0. The van der Waals surface area contributed by atoms with E-state index < -0.39 is 0 Å². The lowest BCUT2D eigenvalue weighted by atomic mass is 10.1. The van der Waals surface area contributed by atoms with Crippen LogP contribution in [0, 0.1) is 5.92 Å². The lowest BCUT2D eigenvalue weighted by Gasteiger charge is -2.21. The van der Waals surface area contributed by atoms with Gasteiger partial charge in [0.05, 0.1) is 5.92 Å². The molecule has 0 spiro atoms. The van der Waals surface area contributed by atoms with Crippen LogP contribution < -0.4 is 10.6 Å². The maximum Gasteiger partial charge on any atom is 0.224 e. The van der Waals surface area contributed by atoms with E-state index in [1.165, 1.54) is 17.3 Å². The zero-order chi connectivity index (χ0) is 10.5. The molecule has 0 bridgehead atoms. The molecule has 0 radical (unpaired) electrons. The van der Waals surface area contributed by atoms with Crippen molar-refractivity contribution in [3.63, 3.8) is 0 Å². The SMILES string of the molecule is O=C(NCC1CSCCS1)[C@H]1CCNC1. The molecule has 3 nitrogen and oxygen atoms in total. The van der Waals surface area contributed by atoms with Gasteiger partial charge in [0.1, 0.15) is 0 Å². The Hall–Kier alpha value is 0.130. The van der Waals surface area contributed by atoms with Crippen molar-refractivity contribution in [2.24, 2.45) is 5.92 Å². The van der Waals surface area contributed by atoms with Gasteiger partial charge in [-0.3, -0.25) is 4.79 Å². The average molecular weight is 246 g/mol. The van der Waals surface area contributed by atoms with E-state index in [1.807, 2.05) is 23.5 Å². The monoisotopic (exact) mass is 246 g/mol. The van der Waals surface area contributed by atoms with Gasteiger partial charge in [0.15, 0.2) is 0 Å². The minimum atomic E-state index is 0.214. The fourth-order valence-corrected chi connectivity index (χ4v) is 4.50. The normalized spacial score (nSPS) is 31.5. The fourth-order valence-electron chi connectivity index (χ4n) is 1.89. The number of thioether (sulfide) groups is 2. The Morgan fingerprint density at radius 1 is 1.47 bits per heavy atom. The van der Waals surface area contributed by atoms with Crippen LogP contribution in [0.5, 0.6) is 0 Å². The van der Waals surface area contributed by atoms with Crippen molar-refractivity contribution < 1.29 is 4.79 Å². The van der Waals surface area contributed by atoms with E-state index in [0.717, 1.165) is 26.1 Å². The van der Waals surface area contributed by atoms with Crippen LogP contribution in [0.15, 0.2) is 0 Å². The van der Waals surface area contributed by atoms with Gasteiger partial charge in [-0.1, -0.05) is 0 Å². The summed E-state index contributed by atoms with van der Waals surface area (Å²) in [6.45, 7) is 2.71. The summed E-state index contributed by atoms with van der Waals surface area (Å²) in [5.41, 5.74) is 0. The highest BCUT2D eigenvalue weighted by atomic mass is 32.2. The molecule has 86 valence electrons. The smallest absolute Gasteiger partial charge is 0.224 e. The summed E-state index contributed by atoms with van der Waals surface area (Å²) >= 11 is 4.00. The van der Waals surface area contributed by atoms with Crippen molar-refractivity contribution >= 4 is 29.4 Å². The first-order valence-corrected chi connectivity index (χ1v) is 7.74. The second-order valence-electron chi connectivity index (χ2n) is 4.00. The fraction of sp³-hybridized carbons (Fsp3) is 0.900. The third kappa shape index (κ3) is 3.57. The van der Waals surface area contributed by atoms with E-state index in [1.54, 1.807) is 0 Å². The molecule has 2 atom stereocenters. The molecule has 0 aliphatic carbocycles. The Balaban J connectivity index is 1.65. The molecule has 2 heterocycles. The van der Waals surface area contributed by atoms with Crippen LogP contribution in [0.3, 0.4) is 0 Å². The Morgan fingerprint density at radius 2 is 2.40 bits per heavy atom. The van der Waals surface area contributed by atoms with Crippen LogP contribution in [0.4, 0.5) is 0 Å². The lowest BCUT2D eigenvalue weighted by Crippen LogP contribution is -2.37. The van der Waals surface area contributed by atoms with E-state index in [2.05, 4.69) is 10.6 Å². The number of rotatable bonds is 3. The van der Waals surface area contributed by atoms with Gasteiger partial charge in [-0.15, -0.1) is 0 Å². The van der Waals surface area contributed by atoms with Gasteiger partial charge in [-0.05, 0) is 13.0 Å². The summed E-state index contributed by atoms with van der Waals surface area (Å²) < 4.78 is 0. The zero-order valence-electron chi connectivity index (χ0n) is 8.83. The van der Waals surface area contributed by atoms with Gasteiger partial charge < -0.3 is 10.6 Å². The predicted octanol–water partition coefficient (Wildman–Crippen LogP) is 0.561. The summed E-state index contributed by atoms with van der Waals surface area (Å²) in [5, 5.41) is 6.93. The molecule has 5 heteroatoms. The van der Waals surface area contributed by atoms with Crippen molar-refractivity contribution in [3.8, 4) is 0 Å². The predicted molar refractivity (Wildman–Crippen MR) is 67.6 cm³/mol. The van der Waals surface area contributed by atoms with Gasteiger partial charge in [-0.2, -0.15) is 23.5 Å². The quantitative estimate of drug-likeness (QED) is 0.763. The Bertz CT molecular complexity index is 213. The Labute approximate surface area is 99.5 Å². The molecule has 2 fully saturated rings. The van der Waals surface area contributed by atoms with Crippen LogP contribution in [0.2, 0.25) is 0 Å². The highest BCUT2D eigenvalue weighted by Gasteiger charge is 2.23. The second-order valence-corrected chi connectivity index (χ2v) is 6.56. The summed E-state index contributed by atoms with van der Waals surface area (Å²) in [7, 11) is 0. The molecule has 1 amide bonds. The summed E-state index contributed by atoms with van der Waals surface area (Å²) in [6.07, 6.45) is 0.998. The Morgan fingerprint density at radius 3 is 3.07 bits per heavy atom. The van der Waals surface area contributed by atoms with Crippen molar-refractivity contribution in [3.05, 3.63) is 0 Å². The van der Waals surface area contributed by atoms with Gasteiger partial charge in [-0.25, -0.2) is 0 Å². The first-order valence-electron chi connectivity index (χ1n) is 5.54. The topological polar surface area (TPSA) is 41.1 Å². The molecule has 1 unspecified atom stereocenters. The number of hydrogen-bond donors (Lipinski definition) is 2. The number of carbonyl (C=O) groups is 1. The third-order valence-corrected chi connectivity index (χ3v) is 5.66. The van der Waals surface area contributed by atoms with E-state index >= 15 is 0 Å². The highest BCUT2D eigenvalue weighted by molar-refractivity contribution is 8.06. The van der Waals surface area contributed by atoms with Crippen LogP contribution in [-0.2, 0) is 4.79 Å². The summed E-state index contributed by atoms with van der Waals surface area (Å²) in [5.74, 6) is 4.15. The van der Waals surface area contributed by atoms with Crippen molar-refractivity contribution in [2.45, 2.75) is 11.7 Å². The first-order chi connectivity index (χ1) is 7.36. The molecule has 2 aliphatic rings. The van der Waals surface area contributed by atoms with Crippen LogP contribution in [-0.4, -0.2) is 48.0 Å². The van der Waals surface area contributed by atoms with E-state index in [-0.39, 0.29) is 11.8 Å². The number of nitrogens with one attached hydrogen (secondary N) is 2. The zero-order valence-corrected chi connectivity index (χ0v) is 10.5. The second kappa shape index (κ2) is 6.01. The van der Waals surface area contributed by atoms with Gasteiger partial charge >= 0.3 is 0 Å². The number of carbonyl (C=O) groups excluding carboxylic acids is 1. The van der Waals surface area contributed by atoms with Crippen molar-refractivity contribution in [2.75, 3.05) is 36.9 Å².